The Morgan fingerprint density at radius 3 is 1.98 bits per heavy atom. The van der Waals surface area contributed by atoms with E-state index in [4.69, 9.17) is 4.74 Å². The van der Waals surface area contributed by atoms with Crippen molar-refractivity contribution in [2.75, 3.05) is 24.2 Å². The van der Waals surface area contributed by atoms with E-state index >= 15 is 0 Å². The number of carbonyl (C=O) groups is 2. The van der Waals surface area contributed by atoms with Gasteiger partial charge in [-0.25, -0.2) is 8.42 Å². The zero-order valence-corrected chi connectivity index (χ0v) is 24.8. The minimum Gasteiger partial charge on any atom is -0.457 e. The lowest BCUT2D eigenvalue weighted by Gasteiger charge is -2.33. The fourth-order valence-corrected chi connectivity index (χ4v) is 5.46. The Balaban J connectivity index is 1.66. The molecule has 8 nitrogen and oxygen atoms in total. The van der Waals surface area contributed by atoms with Crippen molar-refractivity contribution in [3.8, 4) is 11.5 Å². The highest BCUT2D eigenvalue weighted by atomic mass is 32.2. The largest absolute Gasteiger partial charge is 0.457 e. The normalized spacial score (nSPS) is 11.8. The summed E-state index contributed by atoms with van der Waals surface area (Å²) in [4.78, 5) is 28.8. The molecule has 0 saturated heterocycles. The number of likely N-dealkylation sites (N-methyl/N-ethyl adjacent to an activating group) is 1. The molecule has 2 amide bonds. The van der Waals surface area contributed by atoms with Gasteiger partial charge in [0, 0.05) is 20.0 Å². The van der Waals surface area contributed by atoms with Crippen molar-refractivity contribution in [3.63, 3.8) is 0 Å². The van der Waals surface area contributed by atoms with E-state index in [0.29, 0.717) is 17.2 Å². The van der Waals surface area contributed by atoms with E-state index in [2.05, 4.69) is 5.32 Å². The number of hydrogen-bond donors (Lipinski definition) is 1. The van der Waals surface area contributed by atoms with Crippen molar-refractivity contribution in [1.82, 2.24) is 10.2 Å². The topological polar surface area (TPSA) is 96.0 Å². The summed E-state index contributed by atoms with van der Waals surface area (Å²) in [7, 11) is -2.34. The molecule has 4 aromatic carbocycles. The number of para-hydroxylation sites is 1. The smallest absolute Gasteiger partial charge is 0.244 e. The molecule has 0 radical (unpaired) electrons. The molecule has 0 aliphatic heterocycles. The Hall–Kier alpha value is -4.63. The molecule has 1 atom stereocenters. The number of amides is 2. The first-order valence-electron chi connectivity index (χ1n) is 13.6. The molecule has 0 aromatic heterocycles. The molecule has 0 saturated carbocycles. The number of anilines is 1. The molecular formula is C33H35N3O5S. The molecule has 4 rings (SSSR count). The molecule has 218 valence electrons. The summed E-state index contributed by atoms with van der Waals surface area (Å²) < 4.78 is 32.8. The first kappa shape index (κ1) is 30.3. The highest BCUT2D eigenvalue weighted by Crippen LogP contribution is 2.26. The van der Waals surface area contributed by atoms with Gasteiger partial charge in [-0.1, -0.05) is 72.8 Å². The van der Waals surface area contributed by atoms with Gasteiger partial charge in [0.2, 0.25) is 21.8 Å². The van der Waals surface area contributed by atoms with Gasteiger partial charge in [-0.3, -0.25) is 13.9 Å². The number of ether oxygens (including phenoxy) is 1. The predicted octanol–water partition coefficient (Wildman–Crippen LogP) is 4.94. The lowest BCUT2D eigenvalue weighted by Crippen LogP contribution is -2.53. The van der Waals surface area contributed by atoms with Crippen molar-refractivity contribution in [3.05, 3.63) is 126 Å². The molecule has 0 unspecified atom stereocenters. The van der Waals surface area contributed by atoms with Crippen LogP contribution in [0.3, 0.4) is 0 Å². The van der Waals surface area contributed by atoms with Crippen LogP contribution in [-0.2, 0) is 32.6 Å². The highest BCUT2D eigenvalue weighted by Gasteiger charge is 2.32. The van der Waals surface area contributed by atoms with Crippen molar-refractivity contribution >= 4 is 27.5 Å². The molecule has 4 aromatic rings. The lowest BCUT2D eigenvalue weighted by molar-refractivity contribution is -0.139. The maximum atomic E-state index is 14.1. The van der Waals surface area contributed by atoms with Gasteiger partial charge in [0.05, 0.1) is 11.9 Å². The monoisotopic (exact) mass is 585 g/mol. The number of nitrogens with one attached hydrogen (secondary N) is 1. The van der Waals surface area contributed by atoms with E-state index < -0.39 is 28.5 Å². The maximum Gasteiger partial charge on any atom is 0.244 e. The summed E-state index contributed by atoms with van der Waals surface area (Å²) in [5.41, 5.74) is 3.00. The number of benzene rings is 4. The van der Waals surface area contributed by atoms with E-state index in [-0.39, 0.29) is 18.9 Å². The van der Waals surface area contributed by atoms with Crippen LogP contribution in [0, 0.1) is 6.92 Å². The van der Waals surface area contributed by atoms with Crippen molar-refractivity contribution in [2.45, 2.75) is 25.9 Å². The second-order valence-corrected chi connectivity index (χ2v) is 11.9. The molecule has 0 fully saturated rings. The molecule has 0 aliphatic rings. The Morgan fingerprint density at radius 1 is 0.810 bits per heavy atom. The van der Waals surface area contributed by atoms with Crippen LogP contribution in [-0.4, -0.2) is 51.0 Å². The van der Waals surface area contributed by atoms with Gasteiger partial charge >= 0.3 is 0 Å². The fraction of sp³-hybridized carbons (Fsp3) is 0.212. The summed E-state index contributed by atoms with van der Waals surface area (Å²) >= 11 is 0. The zero-order valence-electron chi connectivity index (χ0n) is 23.9. The summed E-state index contributed by atoms with van der Waals surface area (Å²) in [6.07, 6.45) is 1.32. The van der Waals surface area contributed by atoms with E-state index in [1.807, 2.05) is 91.9 Å². The van der Waals surface area contributed by atoms with Crippen molar-refractivity contribution < 1.29 is 22.7 Å². The van der Waals surface area contributed by atoms with Gasteiger partial charge in [0.15, 0.2) is 0 Å². The van der Waals surface area contributed by atoms with E-state index in [9.17, 15) is 18.0 Å². The minimum absolute atomic E-state index is 0.137. The Morgan fingerprint density at radius 2 is 1.38 bits per heavy atom. The third-order valence-electron chi connectivity index (χ3n) is 6.90. The van der Waals surface area contributed by atoms with Crippen LogP contribution in [0.2, 0.25) is 0 Å². The standard InChI is InChI=1S/C33H35N3O5S/c1-25-12-10-11-15-27(25)23-35(31(33(38)34-2)22-26-13-6-4-7-14-26)32(37)24-36(42(3,39)40)28-18-20-30(21-19-28)41-29-16-8-5-9-17-29/h4-21,31H,22-24H2,1-3H3,(H,34,38)/t31-/m1/s1. The van der Waals surface area contributed by atoms with Crippen LogP contribution in [0.1, 0.15) is 16.7 Å². The van der Waals surface area contributed by atoms with Gasteiger partial charge in [0.25, 0.3) is 0 Å². The van der Waals surface area contributed by atoms with Crippen LogP contribution < -0.4 is 14.4 Å². The average Bonchev–Trinajstić information content (AvgIpc) is 2.99. The number of carbonyl (C=O) groups excluding carboxylic acids is 2. The first-order valence-corrected chi connectivity index (χ1v) is 15.4. The maximum absolute atomic E-state index is 14.1. The SMILES string of the molecule is CNC(=O)[C@@H](Cc1ccccc1)N(Cc1ccccc1C)C(=O)CN(c1ccc(Oc2ccccc2)cc1)S(C)(=O)=O. The van der Waals surface area contributed by atoms with Crippen LogP contribution >= 0.6 is 0 Å². The minimum atomic E-state index is -3.87. The van der Waals surface area contributed by atoms with E-state index in [0.717, 1.165) is 27.3 Å². The summed E-state index contributed by atoms with van der Waals surface area (Å²) in [6.45, 7) is 1.59. The van der Waals surface area contributed by atoms with Crippen LogP contribution in [0.5, 0.6) is 11.5 Å². The summed E-state index contributed by atoms with van der Waals surface area (Å²) in [5, 5.41) is 2.68. The van der Waals surface area contributed by atoms with Gasteiger partial charge in [-0.15, -0.1) is 0 Å². The van der Waals surface area contributed by atoms with E-state index in [1.165, 1.54) is 11.9 Å². The third-order valence-corrected chi connectivity index (χ3v) is 8.04. The first-order chi connectivity index (χ1) is 20.2. The van der Waals surface area contributed by atoms with Gasteiger partial charge < -0.3 is 15.0 Å². The molecule has 0 bridgehead atoms. The predicted molar refractivity (Wildman–Crippen MR) is 165 cm³/mol. The molecule has 0 heterocycles. The van der Waals surface area contributed by atoms with Crippen LogP contribution in [0.15, 0.2) is 109 Å². The molecular weight excluding hydrogens is 550 g/mol. The fourth-order valence-electron chi connectivity index (χ4n) is 4.61. The number of hydrogen-bond acceptors (Lipinski definition) is 5. The Bertz CT molecular complexity index is 1590. The number of rotatable bonds is 12. The van der Waals surface area contributed by atoms with Crippen LogP contribution in [0.4, 0.5) is 5.69 Å². The zero-order chi connectivity index (χ0) is 30.1. The number of nitrogens with zero attached hydrogens (tertiary/aromatic N) is 2. The molecule has 42 heavy (non-hydrogen) atoms. The number of sulfonamides is 1. The summed E-state index contributed by atoms with van der Waals surface area (Å²) in [5.74, 6) is 0.325. The molecule has 0 aliphatic carbocycles. The lowest BCUT2D eigenvalue weighted by atomic mass is 10.0. The third kappa shape index (κ3) is 7.98. The number of aryl methyl sites for hydroxylation is 1. The van der Waals surface area contributed by atoms with Gasteiger partial charge in [-0.2, -0.15) is 0 Å². The van der Waals surface area contributed by atoms with Crippen molar-refractivity contribution in [1.29, 1.82) is 0 Å². The Labute approximate surface area is 247 Å². The second kappa shape index (κ2) is 13.8. The summed E-state index contributed by atoms with van der Waals surface area (Å²) in [6, 6.07) is 31.9. The quantitative estimate of drug-likeness (QED) is 0.254. The average molecular weight is 586 g/mol. The van der Waals surface area contributed by atoms with Gasteiger partial charge in [-0.05, 0) is 60.0 Å². The molecule has 1 N–H and O–H groups in total. The molecule has 0 spiro atoms. The van der Waals surface area contributed by atoms with Crippen LogP contribution in [0.25, 0.3) is 0 Å². The van der Waals surface area contributed by atoms with E-state index in [1.54, 1.807) is 24.3 Å². The van der Waals surface area contributed by atoms with Gasteiger partial charge in [0.1, 0.15) is 24.1 Å². The molecule has 9 heteroatoms. The highest BCUT2D eigenvalue weighted by molar-refractivity contribution is 7.92. The van der Waals surface area contributed by atoms with Crippen molar-refractivity contribution in [2.24, 2.45) is 0 Å². The second-order valence-electron chi connectivity index (χ2n) is 9.95. The Kier molecular flexibility index (Phi) is 9.98.